The van der Waals surface area contributed by atoms with Gasteiger partial charge >= 0.3 is 0 Å². The van der Waals surface area contributed by atoms with Crippen molar-refractivity contribution in [2.75, 3.05) is 26.2 Å². The number of allylic oxidation sites excluding steroid dienone is 1. The molecule has 0 saturated carbocycles. The van der Waals surface area contributed by atoms with E-state index in [2.05, 4.69) is 34.3 Å². The molecule has 144 valence electrons. The molecule has 2 aromatic rings. The van der Waals surface area contributed by atoms with Gasteiger partial charge in [-0.15, -0.1) is 0 Å². The molecule has 1 aliphatic heterocycles. The average Bonchev–Trinajstić information content (AvgIpc) is 2.71. The van der Waals surface area contributed by atoms with Gasteiger partial charge in [0.1, 0.15) is 0 Å². The molecule has 0 radical (unpaired) electrons. The Kier molecular flexibility index (Phi) is 8.45. The van der Waals surface area contributed by atoms with E-state index in [0.717, 1.165) is 37.1 Å². The maximum absolute atomic E-state index is 12.6. The standard InChI is InChI=1S/C20H25N3O.CH2O2/c1-2-3-12-23-13-6-7-16(15-23)14-22-20(24)18-8-4-10-19-17(18)9-5-11-21-19;2-1-3/h2-5,8-11,16H,6-7,12-15H2,1H3,(H,22,24);1H,(H,2,3)/b3-2+;. The first kappa shape index (κ1) is 20.6. The molecule has 1 atom stereocenters. The van der Waals surface area contributed by atoms with E-state index in [1.165, 1.54) is 12.8 Å². The Bertz CT molecular complexity index is 771. The lowest BCUT2D eigenvalue weighted by Gasteiger charge is -2.32. The molecule has 2 heterocycles. The van der Waals surface area contributed by atoms with E-state index in [4.69, 9.17) is 9.90 Å². The first-order valence-electron chi connectivity index (χ1n) is 9.23. The van der Waals surface area contributed by atoms with Crippen molar-refractivity contribution in [2.24, 2.45) is 5.92 Å². The minimum atomic E-state index is -0.250. The summed E-state index contributed by atoms with van der Waals surface area (Å²) in [5.41, 5.74) is 1.57. The van der Waals surface area contributed by atoms with Crippen molar-refractivity contribution in [3.8, 4) is 0 Å². The third-order valence-corrected chi connectivity index (χ3v) is 4.64. The Labute approximate surface area is 159 Å². The number of amides is 1. The van der Waals surface area contributed by atoms with Gasteiger partial charge in [-0.05, 0) is 50.4 Å². The minimum absolute atomic E-state index is 0.000762. The minimum Gasteiger partial charge on any atom is -0.483 e. The summed E-state index contributed by atoms with van der Waals surface area (Å²) in [6.45, 7) is 5.77. The Morgan fingerprint density at radius 3 is 2.96 bits per heavy atom. The Morgan fingerprint density at radius 2 is 2.19 bits per heavy atom. The van der Waals surface area contributed by atoms with Gasteiger partial charge in [0, 0.05) is 36.8 Å². The predicted octanol–water partition coefficient (Wildman–Crippen LogP) is 2.95. The van der Waals surface area contributed by atoms with Crippen LogP contribution in [0.15, 0.2) is 48.7 Å². The number of benzene rings is 1. The highest BCUT2D eigenvalue weighted by atomic mass is 16.3. The van der Waals surface area contributed by atoms with Crippen LogP contribution in [0.1, 0.15) is 30.1 Å². The summed E-state index contributed by atoms with van der Waals surface area (Å²) in [5, 5.41) is 10.9. The van der Waals surface area contributed by atoms with Crippen LogP contribution < -0.4 is 5.32 Å². The smallest absolute Gasteiger partial charge is 0.290 e. The molecule has 27 heavy (non-hydrogen) atoms. The van der Waals surface area contributed by atoms with Gasteiger partial charge in [-0.2, -0.15) is 0 Å². The molecule has 1 unspecified atom stereocenters. The van der Waals surface area contributed by atoms with E-state index in [9.17, 15) is 4.79 Å². The molecule has 1 aromatic carbocycles. The van der Waals surface area contributed by atoms with Crippen molar-refractivity contribution in [1.82, 2.24) is 15.2 Å². The molecule has 1 aliphatic rings. The molecular formula is C21H27N3O3. The van der Waals surface area contributed by atoms with Crippen molar-refractivity contribution in [3.05, 3.63) is 54.2 Å². The lowest BCUT2D eigenvalue weighted by atomic mass is 9.97. The molecule has 1 fully saturated rings. The summed E-state index contributed by atoms with van der Waals surface area (Å²) >= 11 is 0. The first-order valence-corrected chi connectivity index (χ1v) is 9.23. The zero-order valence-corrected chi connectivity index (χ0v) is 15.7. The lowest BCUT2D eigenvalue weighted by molar-refractivity contribution is -0.122. The number of piperidine rings is 1. The fourth-order valence-corrected chi connectivity index (χ4v) is 3.37. The van der Waals surface area contributed by atoms with E-state index in [-0.39, 0.29) is 12.4 Å². The monoisotopic (exact) mass is 369 g/mol. The first-order chi connectivity index (χ1) is 13.2. The third kappa shape index (κ3) is 6.18. The highest BCUT2D eigenvalue weighted by Crippen LogP contribution is 2.18. The van der Waals surface area contributed by atoms with Crippen molar-refractivity contribution in [1.29, 1.82) is 0 Å². The van der Waals surface area contributed by atoms with Crippen LogP contribution in [-0.2, 0) is 4.79 Å². The van der Waals surface area contributed by atoms with Crippen LogP contribution in [0, 0.1) is 5.92 Å². The second-order valence-electron chi connectivity index (χ2n) is 6.53. The number of nitrogens with zero attached hydrogens (tertiary/aromatic N) is 2. The number of hydrogen-bond donors (Lipinski definition) is 2. The van der Waals surface area contributed by atoms with Gasteiger partial charge in [-0.1, -0.05) is 24.3 Å². The zero-order chi connectivity index (χ0) is 19.5. The summed E-state index contributed by atoms with van der Waals surface area (Å²) in [7, 11) is 0. The predicted molar refractivity (Wildman–Crippen MR) is 107 cm³/mol. The zero-order valence-electron chi connectivity index (χ0n) is 15.7. The summed E-state index contributed by atoms with van der Waals surface area (Å²) in [5.74, 6) is 0.528. The van der Waals surface area contributed by atoms with Crippen molar-refractivity contribution < 1.29 is 14.7 Å². The van der Waals surface area contributed by atoms with Gasteiger partial charge in [0.05, 0.1) is 5.52 Å². The SMILES string of the molecule is C/C=C/CN1CCCC(CNC(=O)c2cccc3ncccc23)C1.O=CO. The maximum Gasteiger partial charge on any atom is 0.290 e. The number of hydrogen-bond acceptors (Lipinski definition) is 4. The molecule has 0 spiro atoms. The number of rotatable bonds is 5. The van der Waals surface area contributed by atoms with Crippen LogP contribution in [0.2, 0.25) is 0 Å². The fourth-order valence-electron chi connectivity index (χ4n) is 3.37. The second kappa shape index (κ2) is 11.1. The topological polar surface area (TPSA) is 82.5 Å². The molecule has 1 saturated heterocycles. The summed E-state index contributed by atoms with van der Waals surface area (Å²) in [4.78, 5) is 27.7. The van der Waals surface area contributed by atoms with Crippen molar-refractivity contribution >= 4 is 23.3 Å². The lowest BCUT2D eigenvalue weighted by Crippen LogP contribution is -2.41. The second-order valence-corrected chi connectivity index (χ2v) is 6.53. The number of likely N-dealkylation sites (tertiary alicyclic amines) is 1. The molecule has 1 amide bonds. The van der Waals surface area contributed by atoms with E-state index in [1.807, 2.05) is 30.3 Å². The number of fused-ring (bicyclic) bond motifs is 1. The molecular weight excluding hydrogens is 342 g/mol. The van der Waals surface area contributed by atoms with Crippen LogP contribution in [0.5, 0.6) is 0 Å². The molecule has 6 heteroatoms. The van der Waals surface area contributed by atoms with Crippen LogP contribution in [-0.4, -0.2) is 53.5 Å². The quantitative estimate of drug-likeness (QED) is 0.625. The van der Waals surface area contributed by atoms with Crippen LogP contribution in [0.4, 0.5) is 0 Å². The highest BCUT2D eigenvalue weighted by Gasteiger charge is 2.20. The Morgan fingerprint density at radius 1 is 1.37 bits per heavy atom. The maximum atomic E-state index is 12.6. The summed E-state index contributed by atoms with van der Waals surface area (Å²) < 4.78 is 0. The molecule has 0 bridgehead atoms. The molecule has 1 aromatic heterocycles. The highest BCUT2D eigenvalue weighted by molar-refractivity contribution is 6.06. The van der Waals surface area contributed by atoms with E-state index < -0.39 is 0 Å². The Hall–Kier alpha value is -2.73. The van der Waals surface area contributed by atoms with Crippen LogP contribution in [0.3, 0.4) is 0 Å². The van der Waals surface area contributed by atoms with Gasteiger partial charge in [-0.25, -0.2) is 0 Å². The number of aromatic nitrogens is 1. The fraction of sp³-hybridized carbons (Fsp3) is 0.381. The van der Waals surface area contributed by atoms with E-state index >= 15 is 0 Å². The molecule has 0 aliphatic carbocycles. The van der Waals surface area contributed by atoms with Gasteiger partial charge < -0.3 is 10.4 Å². The number of carboxylic acid groups (broad SMARTS) is 1. The van der Waals surface area contributed by atoms with Crippen molar-refractivity contribution in [2.45, 2.75) is 19.8 Å². The van der Waals surface area contributed by atoms with Gasteiger partial charge in [0.25, 0.3) is 12.4 Å². The van der Waals surface area contributed by atoms with Crippen LogP contribution >= 0.6 is 0 Å². The third-order valence-electron chi connectivity index (χ3n) is 4.64. The summed E-state index contributed by atoms with van der Waals surface area (Å²) in [6.07, 6.45) is 8.44. The molecule has 3 rings (SSSR count). The molecule has 6 nitrogen and oxygen atoms in total. The number of pyridine rings is 1. The molecule has 2 N–H and O–H groups in total. The number of nitrogens with one attached hydrogen (secondary N) is 1. The normalized spacial score (nSPS) is 17.3. The van der Waals surface area contributed by atoms with E-state index in [1.54, 1.807) is 6.20 Å². The van der Waals surface area contributed by atoms with Gasteiger partial charge in [-0.3, -0.25) is 19.5 Å². The average molecular weight is 369 g/mol. The van der Waals surface area contributed by atoms with Crippen molar-refractivity contribution in [3.63, 3.8) is 0 Å². The van der Waals surface area contributed by atoms with Gasteiger partial charge in [0.2, 0.25) is 0 Å². The number of carbonyl (C=O) groups is 2. The number of carbonyl (C=O) groups excluding carboxylic acids is 1. The van der Waals surface area contributed by atoms with E-state index in [0.29, 0.717) is 11.5 Å². The van der Waals surface area contributed by atoms with Crippen LogP contribution in [0.25, 0.3) is 10.9 Å². The Balaban J connectivity index is 0.000000817. The van der Waals surface area contributed by atoms with Gasteiger partial charge in [0.15, 0.2) is 0 Å². The summed E-state index contributed by atoms with van der Waals surface area (Å²) in [6, 6.07) is 9.53. The largest absolute Gasteiger partial charge is 0.483 e.